The summed E-state index contributed by atoms with van der Waals surface area (Å²) in [7, 11) is 1.59. The second-order valence-electron chi connectivity index (χ2n) is 5.72. The molecule has 7 heteroatoms. The highest BCUT2D eigenvalue weighted by Crippen LogP contribution is 2.35. The van der Waals surface area contributed by atoms with Crippen LogP contribution in [0.4, 0.5) is 11.5 Å². The molecule has 130 valence electrons. The summed E-state index contributed by atoms with van der Waals surface area (Å²) in [6, 6.07) is 13.4. The maximum Gasteiger partial charge on any atom is 0.228 e. The van der Waals surface area contributed by atoms with E-state index in [2.05, 4.69) is 20.4 Å². The second-order valence-corrected chi connectivity index (χ2v) is 6.13. The van der Waals surface area contributed by atoms with Crippen molar-refractivity contribution in [3.8, 4) is 17.0 Å². The highest BCUT2D eigenvalue weighted by atomic mass is 35.5. The molecule has 0 unspecified atom stereocenters. The van der Waals surface area contributed by atoms with E-state index in [-0.39, 0.29) is 0 Å². The quantitative estimate of drug-likeness (QED) is 0.548. The smallest absolute Gasteiger partial charge is 0.228 e. The average molecular weight is 367 g/mol. The van der Waals surface area contributed by atoms with Gasteiger partial charge in [-0.25, -0.2) is 9.97 Å². The Bertz CT molecular complexity index is 1080. The van der Waals surface area contributed by atoms with Crippen LogP contribution in [0, 0.1) is 6.92 Å². The highest BCUT2D eigenvalue weighted by Gasteiger charge is 2.17. The number of hydrogen-bond donors (Lipinski definition) is 1. The number of aryl methyl sites for hydroxylation is 1. The number of aromatic nitrogens is 3. The van der Waals surface area contributed by atoms with Gasteiger partial charge in [-0.2, -0.15) is 0 Å². The minimum absolute atomic E-state index is 0.473. The second kappa shape index (κ2) is 6.65. The van der Waals surface area contributed by atoms with Crippen molar-refractivity contribution in [3.63, 3.8) is 0 Å². The standard InChI is InChI=1S/C19H15ClN4O2/c1-11-8-14(15(25-2)9-13(11)20)23-19-18-17(21-10-22-19)16(24-26-18)12-6-4-3-5-7-12/h3-10H,1-2H3,(H,21,22,23). The van der Waals surface area contributed by atoms with Crippen molar-refractivity contribution in [1.29, 1.82) is 0 Å². The number of rotatable bonds is 4. The molecule has 0 spiro atoms. The minimum atomic E-state index is 0.473. The molecule has 4 rings (SSSR count). The van der Waals surface area contributed by atoms with Crippen LogP contribution in [0.3, 0.4) is 0 Å². The lowest BCUT2D eigenvalue weighted by molar-refractivity contribution is 0.416. The van der Waals surface area contributed by atoms with Crippen LogP contribution < -0.4 is 10.1 Å². The zero-order valence-corrected chi connectivity index (χ0v) is 14.9. The molecule has 0 aliphatic carbocycles. The molecular formula is C19H15ClN4O2. The van der Waals surface area contributed by atoms with Crippen LogP contribution in [-0.4, -0.2) is 22.2 Å². The third-order valence-electron chi connectivity index (χ3n) is 4.04. The monoisotopic (exact) mass is 366 g/mol. The topological polar surface area (TPSA) is 73.1 Å². The Hall–Kier alpha value is -3.12. The molecule has 0 aliphatic rings. The predicted molar refractivity (Wildman–Crippen MR) is 101 cm³/mol. The SMILES string of the molecule is COc1cc(Cl)c(C)cc1Nc1ncnc2c(-c3ccccc3)noc12. The molecule has 0 fully saturated rings. The van der Waals surface area contributed by atoms with Crippen molar-refractivity contribution in [2.75, 3.05) is 12.4 Å². The van der Waals surface area contributed by atoms with Crippen LogP contribution in [-0.2, 0) is 0 Å². The Morgan fingerprint density at radius 1 is 1.12 bits per heavy atom. The Kier molecular flexibility index (Phi) is 4.18. The number of benzene rings is 2. The van der Waals surface area contributed by atoms with Crippen LogP contribution in [0.15, 0.2) is 53.3 Å². The van der Waals surface area contributed by atoms with E-state index in [9.17, 15) is 0 Å². The summed E-state index contributed by atoms with van der Waals surface area (Å²) < 4.78 is 10.9. The van der Waals surface area contributed by atoms with Gasteiger partial charge in [0.25, 0.3) is 0 Å². The number of ether oxygens (including phenoxy) is 1. The number of halogens is 1. The molecule has 2 aromatic heterocycles. The van der Waals surface area contributed by atoms with Crippen LogP contribution in [0.5, 0.6) is 5.75 Å². The number of anilines is 2. The summed E-state index contributed by atoms with van der Waals surface area (Å²) in [5.74, 6) is 1.11. The summed E-state index contributed by atoms with van der Waals surface area (Å²) in [6.07, 6.45) is 1.48. The van der Waals surface area contributed by atoms with Gasteiger partial charge >= 0.3 is 0 Å². The van der Waals surface area contributed by atoms with Gasteiger partial charge in [0, 0.05) is 16.7 Å². The maximum atomic E-state index is 6.17. The van der Waals surface area contributed by atoms with Gasteiger partial charge < -0.3 is 14.6 Å². The zero-order chi connectivity index (χ0) is 18.1. The molecule has 4 aromatic rings. The molecule has 0 amide bonds. The van der Waals surface area contributed by atoms with E-state index >= 15 is 0 Å². The number of hydrogen-bond acceptors (Lipinski definition) is 6. The van der Waals surface area contributed by atoms with E-state index in [0.29, 0.717) is 33.4 Å². The molecule has 2 aromatic carbocycles. The maximum absolute atomic E-state index is 6.17. The first kappa shape index (κ1) is 16.4. The van der Waals surface area contributed by atoms with Crippen molar-refractivity contribution < 1.29 is 9.26 Å². The third-order valence-corrected chi connectivity index (χ3v) is 4.44. The van der Waals surface area contributed by atoms with Crippen LogP contribution in [0.2, 0.25) is 5.02 Å². The van der Waals surface area contributed by atoms with Gasteiger partial charge in [-0.3, -0.25) is 0 Å². The molecule has 26 heavy (non-hydrogen) atoms. The molecule has 0 atom stereocenters. The molecule has 0 aliphatic heterocycles. The molecule has 1 N–H and O–H groups in total. The van der Waals surface area contributed by atoms with Gasteiger partial charge in [-0.05, 0) is 18.6 Å². The van der Waals surface area contributed by atoms with Crippen molar-refractivity contribution in [3.05, 3.63) is 59.4 Å². The summed E-state index contributed by atoms with van der Waals surface area (Å²) in [4.78, 5) is 8.63. The van der Waals surface area contributed by atoms with E-state index in [1.807, 2.05) is 43.3 Å². The van der Waals surface area contributed by atoms with Crippen molar-refractivity contribution >= 4 is 34.2 Å². The third kappa shape index (κ3) is 2.84. The van der Waals surface area contributed by atoms with E-state index in [4.69, 9.17) is 20.9 Å². The largest absolute Gasteiger partial charge is 0.495 e. The highest BCUT2D eigenvalue weighted by molar-refractivity contribution is 6.31. The lowest BCUT2D eigenvalue weighted by Crippen LogP contribution is -1.98. The predicted octanol–water partition coefficient (Wildman–Crippen LogP) is 5.00. The lowest BCUT2D eigenvalue weighted by atomic mass is 10.1. The lowest BCUT2D eigenvalue weighted by Gasteiger charge is -2.12. The average Bonchev–Trinajstić information content (AvgIpc) is 3.10. The van der Waals surface area contributed by atoms with Crippen LogP contribution in [0.1, 0.15) is 5.56 Å². The summed E-state index contributed by atoms with van der Waals surface area (Å²) in [5.41, 5.74) is 4.36. The first-order valence-corrected chi connectivity index (χ1v) is 8.32. The molecule has 6 nitrogen and oxygen atoms in total. The summed E-state index contributed by atoms with van der Waals surface area (Å²) >= 11 is 6.17. The van der Waals surface area contributed by atoms with Gasteiger partial charge in [-0.1, -0.05) is 47.1 Å². The fourth-order valence-electron chi connectivity index (χ4n) is 2.70. The van der Waals surface area contributed by atoms with Crippen molar-refractivity contribution in [2.24, 2.45) is 0 Å². The Morgan fingerprint density at radius 2 is 1.92 bits per heavy atom. The van der Waals surface area contributed by atoms with Crippen molar-refractivity contribution in [2.45, 2.75) is 6.92 Å². The molecule has 0 radical (unpaired) electrons. The fourth-order valence-corrected chi connectivity index (χ4v) is 2.85. The van der Waals surface area contributed by atoms with Gasteiger partial charge in [0.2, 0.25) is 5.58 Å². The first-order valence-electron chi connectivity index (χ1n) is 7.94. The molecule has 0 bridgehead atoms. The van der Waals surface area contributed by atoms with E-state index in [1.165, 1.54) is 6.33 Å². The first-order chi connectivity index (χ1) is 12.7. The van der Waals surface area contributed by atoms with Gasteiger partial charge in [0.15, 0.2) is 5.82 Å². The van der Waals surface area contributed by atoms with E-state index < -0.39 is 0 Å². The Labute approximate surface area is 154 Å². The van der Waals surface area contributed by atoms with E-state index in [1.54, 1.807) is 13.2 Å². The zero-order valence-electron chi connectivity index (χ0n) is 14.2. The van der Waals surface area contributed by atoms with Gasteiger partial charge in [0.1, 0.15) is 23.3 Å². The van der Waals surface area contributed by atoms with Crippen LogP contribution >= 0.6 is 11.6 Å². The van der Waals surface area contributed by atoms with Gasteiger partial charge in [0.05, 0.1) is 12.8 Å². The molecule has 2 heterocycles. The molecular weight excluding hydrogens is 352 g/mol. The fraction of sp³-hybridized carbons (Fsp3) is 0.105. The minimum Gasteiger partial charge on any atom is -0.495 e. The number of methoxy groups -OCH3 is 1. The number of fused-ring (bicyclic) bond motifs is 1. The Balaban J connectivity index is 1.80. The van der Waals surface area contributed by atoms with E-state index in [0.717, 1.165) is 16.8 Å². The normalized spacial score (nSPS) is 10.9. The van der Waals surface area contributed by atoms with Crippen molar-refractivity contribution in [1.82, 2.24) is 15.1 Å². The van der Waals surface area contributed by atoms with Crippen LogP contribution in [0.25, 0.3) is 22.4 Å². The molecule has 0 saturated carbocycles. The Morgan fingerprint density at radius 3 is 2.69 bits per heavy atom. The molecule has 0 saturated heterocycles. The van der Waals surface area contributed by atoms with Gasteiger partial charge in [-0.15, -0.1) is 0 Å². The number of nitrogens with zero attached hydrogens (tertiary/aromatic N) is 3. The summed E-state index contributed by atoms with van der Waals surface area (Å²) in [6.45, 7) is 1.92. The summed E-state index contributed by atoms with van der Waals surface area (Å²) in [5, 5.41) is 8.03. The number of nitrogens with one attached hydrogen (secondary N) is 1.